The fraction of sp³-hybridized carbons (Fsp3) is 0.143. The van der Waals surface area contributed by atoms with Crippen LogP contribution in [0.2, 0.25) is 0 Å². The van der Waals surface area contributed by atoms with Gasteiger partial charge in [-0.1, -0.05) is 6.07 Å². The van der Waals surface area contributed by atoms with Gasteiger partial charge in [0.05, 0.1) is 25.0 Å². The first-order chi connectivity index (χ1) is 9.74. The minimum absolute atomic E-state index is 0.128. The smallest absolute Gasteiger partial charge is 0.310 e. The molecule has 102 valence electrons. The zero-order chi connectivity index (χ0) is 14.4. The number of furan rings is 1. The maximum absolute atomic E-state index is 11.6. The number of hydrogen-bond acceptors (Lipinski definition) is 5. The maximum Gasteiger partial charge on any atom is 0.310 e. The van der Waals surface area contributed by atoms with Crippen molar-refractivity contribution < 1.29 is 18.8 Å². The Labute approximate surface area is 115 Å². The van der Waals surface area contributed by atoms with Crippen molar-refractivity contribution >= 4 is 5.91 Å². The molecule has 1 heterocycles. The van der Waals surface area contributed by atoms with E-state index in [1.165, 1.54) is 13.4 Å². The lowest BCUT2D eigenvalue weighted by Gasteiger charge is -2.06. The van der Waals surface area contributed by atoms with Crippen LogP contribution in [-0.2, 0) is 11.4 Å². The molecule has 0 spiro atoms. The molecule has 1 aromatic carbocycles. The van der Waals surface area contributed by atoms with Crippen LogP contribution >= 0.6 is 0 Å². The summed E-state index contributed by atoms with van der Waals surface area (Å²) in [6.45, 7) is 0.151. The highest BCUT2D eigenvalue weighted by Gasteiger charge is 2.15. The van der Waals surface area contributed by atoms with E-state index in [0.717, 1.165) is 0 Å². The molecule has 0 atom stereocenters. The van der Waals surface area contributed by atoms with E-state index in [-0.39, 0.29) is 12.4 Å². The number of nitrogens with zero attached hydrogens (tertiary/aromatic N) is 1. The van der Waals surface area contributed by atoms with E-state index >= 15 is 0 Å². The third-order valence-electron chi connectivity index (χ3n) is 2.51. The minimum atomic E-state index is -0.484. The van der Waals surface area contributed by atoms with Gasteiger partial charge < -0.3 is 9.15 Å². The highest BCUT2D eigenvalue weighted by Crippen LogP contribution is 2.17. The van der Waals surface area contributed by atoms with Crippen molar-refractivity contribution in [3.05, 3.63) is 53.5 Å². The largest absolute Gasteiger partial charge is 0.489 e. The second-order valence-corrected chi connectivity index (χ2v) is 3.84. The van der Waals surface area contributed by atoms with Crippen LogP contribution in [0.4, 0.5) is 0 Å². The molecule has 0 saturated heterocycles. The van der Waals surface area contributed by atoms with E-state index in [9.17, 15) is 4.79 Å². The predicted octanol–water partition coefficient (Wildman–Crippen LogP) is 2.02. The third-order valence-corrected chi connectivity index (χ3v) is 2.51. The number of amides is 1. The molecule has 0 unspecified atom stereocenters. The summed E-state index contributed by atoms with van der Waals surface area (Å²) in [5.74, 6) is 0.188. The molecule has 1 amide bonds. The second kappa shape index (κ2) is 6.41. The lowest BCUT2D eigenvalue weighted by atomic mass is 10.2. The number of hydroxylamine groups is 1. The quantitative estimate of drug-likeness (QED) is 0.842. The van der Waals surface area contributed by atoms with Gasteiger partial charge in [-0.05, 0) is 24.3 Å². The summed E-state index contributed by atoms with van der Waals surface area (Å²) in [6.07, 6.45) is 1.40. The van der Waals surface area contributed by atoms with Crippen LogP contribution in [0.1, 0.15) is 21.7 Å². The van der Waals surface area contributed by atoms with Crippen LogP contribution < -0.4 is 10.2 Å². The lowest BCUT2D eigenvalue weighted by molar-refractivity contribution is 0.0506. The van der Waals surface area contributed by atoms with Crippen LogP contribution in [-0.4, -0.2) is 13.0 Å². The summed E-state index contributed by atoms with van der Waals surface area (Å²) < 4.78 is 10.6. The van der Waals surface area contributed by atoms with E-state index in [1.807, 2.05) is 6.07 Å². The van der Waals surface area contributed by atoms with Gasteiger partial charge in [-0.2, -0.15) is 5.26 Å². The standard InChI is InChI=1S/C14H12N2O4/c1-18-16-14(17)13-11(5-6-19-13)9-20-12-4-2-3-10(7-12)8-15/h2-7H,9H2,1H3,(H,16,17). The number of hydrogen-bond donors (Lipinski definition) is 1. The highest BCUT2D eigenvalue weighted by atomic mass is 16.6. The number of ether oxygens (including phenoxy) is 1. The van der Waals surface area contributed by atoms with Crippen molar-refractivity contribution in [2.75, 3.05) is 7.11 Å². The topological polar surface area (TPSA) is 84.5 Å². The molecule has 1 N–H and O–H groups in total. The summed E-state index contributed by atoms with van der Waals surface area (Å²) in [5, 5.41) is 8.80. The molecule has 20 heavy (non-hydrogen) atoms. The average Bonchev–Trinajstić information content (AvgIpc) is 2.94. The van der Waals surface area contributed by atoms with Gasteiger partial charge in [0.25, 0.3) is 0 Å². The zero-order valence-corrected chi connectivity index (χ0v) is 10.8. The minimum Gasteiger partial charge on any atom is -0.489 e. The van der Waals surface area contributed by atoms with Crippen molar-refractivity contribution in [2.24, 2.45) is 0 Å². The lowest BCUT2D eigenvalue weighted by Crippen LogP contribution is -2.22. The predicted molar refractivity (Wildman–Crippen MR) is 68.7 cm³/mol. The first kappa shape index (κ1) is 13.6. The van der Waals surface area contributed by atoms with Crippen molar-refractivity contribution in [1.29, 1.82) is 5.26 Å². The Morgan fingerprint density at radius 1 is 1.45 bits per heavy atom. The van der Waals surface area contributed by atoms with Gasteiger partial charge in [0.1, 0.15) is 12.4 Å². The molecule has 0 aliphatic carbocycles. The molecular weight excluding hydrogens is 260 g/mol. The first-order valence-electron chi connectivity index (χ1n) is 5.77. The Balaban J connectivity index is 2.06. The van der Waals surface area contributed by atoms with Crippen LogP contribution in [0, 0.1) is 11.3 Å². The average molecular weight is 272 g/mol. The number of carbonyl (C=O) groups excluding carboxylic acids is 1. The Bertz CT molecular complexity index is 643. The molecule has 6 heteroatoms. The normalized spacial score (nSPS) is 9.80. The number of nitrogens with one attached hydrogen (secondary N) is 1. The summed E-state index contributed by atoms with van der Waals surface area (Å²) in [7, 11) is 1.34. The molecule has 2 rings (SSSR count). The van der Waals surface area contributed by atoms with Gasteiger partial charge in [-0.25, -0.2) is 5.48 Å². The van der Waals surface area contributed by atoms with Crippen molar-refractivity contribution in [2.45, 2.75) is 6.61 Å². The van der Waals surface area contributed by atoms with E-state index in [0.29, 0.717) is 16.9 Å². The third kappa shape index (κ3) is 3.16. The summed E-state index contributed by atoms with van der Waals surface area (Å²) in [4.78, 5) is 16.1. The molecule has 6 nitrogen and oxygen atoms in total. The SMILES string of the molecule is CONC(=O)c1occc1COc1cccc(C#N)c1. The van der Waals surface area contributed by atoms with Crippen molar-refractivity contribution in [1.82, 2.24) is 5.48 Å². The van der Waals surface area contributed by atoms with Gasteiger partial charge in [-0.3, -0.25) is 9.63 Å². The van der Waals surface area contributed by atoms with Crippen molar-refractivity contribution in [3.8, 4) is 11.8 Å². The van der Waals surface area contributed by atoms with Gasteiger partial charge in [-0.15, -0.1) is 0 Å². The van der Waals surface area contributed by atoms with Crippen LogP contribution in [0.15, 0.2) is 41.0 Å². The fourth-order valence-corrected chi connectivity index (χ4v) is 1.60. The van der Waals surface area contributed by atoms with E-state index < -0.39 is 5.91 Å². The van der Waals surface area contributed by atoms with Gasteiger partial charge in [0.2, 0.25) is 0 Å². The molecule has 2 aromatic rings. The van der Waals surface area contributed by atoms with Gasteiger partial charge >= 0.3 is 5.91 Å². The molecular formula is C14H12N2O4. The number of rotatable bonds is 5. The van der Waals surface area contributed by atoms with Gasteiger partial charge in [0, 0.05) is 5.56 Å². The Morgan fingerprint density at radius 2 is 2.30 bits per heavy atom. The van der Waals surface area contributed by atoms with E-state index in [2.05, 4.69) is 10.3 Å². The first-order valence-corrected chi connectivity index (χ1v) is 5.77. The van der Waals surface area contributed by atoms with Crippen LogP contribution in [0.5, 0.6) is 5.75 Å². The number of benzene rings is 1. The monoisotopic (exact) mass is 272 g/mol. The molecule has 0 saturated carbocycles. The summed E-state index contributed by atoms with van der Waals surface area (Å²) in [5.41, 5.74) is 3.27. The molecule has 0 bridgehead atoms. The van der Waals surface area contributed by atoms with Crippen LogP contribution in [0.25, 0.3) is 0 Å². The number of nitriles is 1. The highest BCUT2D eigenvalue weighted by molar-refractivity contribution is 5.92. The van der Waals surface area contributed by atoms with Crippen molar-refractivity contribution in [3.63, 3.8) is 0 Å². The van der Waals surface area contributed by atoms with Crippen LogP contribution in [0.3, 0.4) is 0 Å². The molecule has 0 fully saturated rings. The van der Waals surface area contributed by atoms with Gasteiger partial charge in [0.15, 0.2) is 5.76 Å². The Morgan fingerprint density at radius 3 is 3.05 bits per heavy atom. The maximum atomic E-state index is 11.6. The Hall–Kier alpha value is -2.78. The summed E-state index contributed by atoms with van der Waals surface area (Å²) in [6, 6.07) is 10.4. The summed E-state index contributed by atoms with van der Waals surface area (Å²) >= 11 is 0. The second-order valence-electron chi connectivity index (χ2n) is 3.84. The van der Waals surface area contributed by atoms with E-state index in [4.69, 9.17) is 14.4 Å². The number of carbonyl (C=O) groups is 1. The Kier molecular flexibility index (Phi) is 4.37. The molecule has 0 radical (unpaired) electrons. The van der Waals surface area contributed by atoms with E-state index in [1.54, 1.807) is 30.3 Å². The molecule has 0 aliphatic heterocycles. The fourth-order valence-electron chi connectivity index (χ4n) is 1.60. The molecule has 1 aromatic heterocycles. The molecule has 0 aliphatic rings. The zero-order valence-electron chi connectivity index (χ0n) is 10.8.